The minimum absolute atomic E-state index is 0.0402. The van der Waals surface area contributed by atoms with E-state index in [1.165, 1.54) is 43.5 Å². The summed E-state index contributed by atoms with van der Waals surface area (Å²) < 4.78 is 5.18. The number of carbonyl (C=O) groups is 1. The standard InChI is InChI=1S/C22H27N3O2S/c1-25(19(26)10-14-3-5-18(27-2)6-4-14)21-24-23-20(28-21)22-11-15-7-16(12-22)9-17(8-15)13-22/h3-6,15-17H,7-13H2,1-2H3. The number of likely N-dealkylation sites (N-methyl/N-ethyl adjacent to an activating group) is 1. The molecule has 4 saturated carbocycles. The molecule has 0 spiro atoms. The molecule has 0 N–H and O–H groups in total. The lowest BCUT2D eigenvalue weighted by Gasteiger charge is -2.55. The summed E-state index contributed by atoms with van der Waals surface area (Å²) >= 11 is 1.64. The predicted octanol–water partition coefficient (Wildman–Crippen LogP) is 4.22. The van der Waals surface area contributed by atoms with Gasteiger partial charge in [0.05, 0.1) is 13.5 Å². The van der Waals surface area contributed by atoms with Gasteiger partial charge in [0.25, 0.3) is 0 Å². The van der Waals surface area contributed by atoms with Crippen LogP contribution in [0.3, 0.4) is 0 Å². The molecule has 1 amide bonds. The molecule has 4 aliphatic carbocycles. The largest absolute Gasteiger partial charge is 0.497 e. The lowest BCUT2D eigenvalue weighted by atomic mass is 9.50. The van der Waals surface area contributed by atoms with Gasteiger partial charge in [-0.3, -0.25) is 9.69 Å². The van der Waals surface area contributed by atoms with E-state index in [-0.39, 0.29) is 11.3 Å². The van der Waals surface area contributed by atoms with Crippen molar-refractivity contribution in [3.63, 3.8) is 0 Å². The second-order valence-corrected chi connectivity index (χ2v) is 10.0. The van der Waals surface area contributed by atoms with Crippen molar-refractivity contribution in [2.24, 2.45) is 17.8 Å². The number of hydrogen-bond acceptors (Lipinski definition) is 5. The summed E-state index contributed by atoms with van der Waals surface area (Å²) in [4.78, 5) is 14.4. The zero-order valence-electron chi connectivity index (χ0n) is 16.6. The van der Waals surface area contributed by atoms with Gasteiger partial charge in [-0.25, -0.2) is 0 Å². The SMILES string of the molecule is COc1ccc(CC(=O)N(C)c2nnc(C34CC5CC(CC(C5)C3)C4)s2)cc1. The van der Waals surface area contributed by atoms with Crippen LogP contribution >= 0.6 is 11.3 Å². The Bertz CT molecular complexity index is 841. The third-order valence-corrected chi connectivity index (χ3v) is 8.33. The van der Waals surface area contributed by atoms with E-state index in [1.807, 2.05) is 31.3 Å². The highest BCUT2D eigenvalue weighted by Crippen LogP contribution is 2.61. The first-order valence-corrected chi connectivity index (χ1v) is 11.1. The quantitative estimate of drug-likeness (QED) is 0.758. The van der Waals surface area contributed by atoms with E-state index in [0.717, 1.165) is 34.2 Å². The summed E-state index contributed by atoms with van der Waals surface area (Å²) in [5, 5.41) is 10.9. The van der Waals surface area contributed by atoms with Gasteiger partial charge in [-0.05, 0) is 74.0 Å². The molecule has 2 aromatic rings. The molecule has 28 heavy (non-hydrogen) atoms. The highest BCUT2D eigenvalue weighted by Gasteiger charge is 2.53. The molecular weight excluding hydrogens is 370 g/mol. The topological polar surface area (TPSA) is 55.3 Å². The second kappa shape index (κ2) is 6.83. The third-order valence-electron chi connectivity index (χ3n) is 7.08. The van der Waals surface area contributed by atoms with Gasteiger partial charge in [0, 0.05) is 12.5 Å². The maximum absolute atomic E-state index is 12.8. The van der Waals surface area contributed by atoms with Gasteiger partial charge in [0.15, 0.2) is 0 Å². The fraction of sp³-hybridized carbons (Fsp3) is 0.591. The van der Waals surface area contributed by atoms with Crippen molar-refractivity contribution < 1.29 is 9.53 Å². The van der Waals surface area contributed by atoms with E-state index in [4.69, 9.17) is 4.74 Å². The Morgan fingerprint density at radius 3 is 2.29 bits per heavy atom. The molecule has 1 aromatic heterocycles. The molecule has 5 nitrogen and oxygen atoms in total. The molecule has 6 heteroatoms. The number of anilines is 1. The Hall–Kier alpha value is -1.95. The first kappa shape index (κ1) is 18.1. The molecule has 4 aliphatic rings. The first-order chi connectivity index (χ1) is 13.5. The van der Waals surface area contributed by atoms with E-state index in [9.17, 15) is 4.79 Å². The summed E-state index contributed by atoms with van der Waals surface area (Å²) in [6, 6.07) is 7.65. The Labute approximate surface area is 170 Å². The summed E-state index contributed by atoms with van der Waals surface area (Å²) in [5.74, 6) is 3.49. The molecule has 0 radical (unpaired) electrons. The molecule has 4 bridgehead atoms. The lowest BCUT2D eigenvalue weighted by Crippen LogP contribution is -2.48. The Kier molecular flexibility index (Phi) is 4.42. The zero-order chi connectivity index (χ0) is 19.3. The molecule has 1 heterocycles. The van der Waals surface area contributed by atoms with Gasteiger partial charge in [-0.2, -0.15) is 0 Å². The lowest BCUT2D eigenvalue weighted by molar-refractivity contribution is -0.117. The van der Waals surface area contributed by atoms with Crippen molar-refractivity contribution in [3.05, 3.63) is 34.8 Å². The van der Waals surface area contributed by atoms with Crippen molar-refractivity contribution >= 4 is 22.4 Å². The fourth-order valence-electron chi connectivity index (χ4n) is 6.08. The number of nitrogens with zero attached hydrogens (tertiary/aromatic N) is 3. The zero-order valence-corrected chi connectivity index (χ0v) is 17.4. The van der Waals surface area contributed by atoms with E-state index >= 15 is 0 Å². The Balaban J connectivity index is 1.30. The van der Waals surface area contributed by atoms with E-state index < -0.39 is 0 Å². The van der Waals surface area contributed by atoms with Crippen LogP contribution in [-0.2, 0) is 16.6 Å². The highest BCUT2D eigenvalue weighted by molar-refractivity contribution is 7.15. The minimum Gasteiger partial charge on any atom is -0.497 e. The number of amides is 1. The number of ether oxygens (including phenoxy) is 1. The van der Waals surface area contributed by atoms with Crippen molar-refractivity contribution in [1.82, 2.24) is 10.2 Å². The molecule has 6 rings (SSSR count). The molecule has 148 valence electrons. The van der Waals surface area contributed by atoms with Gasteiger partial charge < -0.3 is 4.74 Å². The van der Waals surface area contributed by atoms with Gasteiger partial charge >= 0.3 is 0 Å². The molecule has 0 aliphatic heterocycles. The minimum atomic E-state index is 0.0402. The molecule has 0 atom stereocenters. The van der Waals surface area contributed by atoms with Crippen LogP contribution in [0.2, 0.25) is 0 Å². The van der Waals surface area contributed by atoms with Crippen molar-refractivity contribution in [3.8, 4) is 5.75 Å². The second-order valence-electron chi connectivity index (χ2n) is 9.07. The number of hydrogen-bond donors (Lipinski definition) is 0. The molecule has 1 aromatic carbocycles. The van der Waals surface area contributed by atoms with Gasteiger partial charge in [-0.1, -0.05) is 23.5 Å². The third kappa shape index (κ3) is 3.11. The van der Waals surface area contributed by atoms with Crippen molar-refractivity contribution in [1.29, 1.82) is 0 Å². The van der Waals surface area contributed by atoms with Gasteiger partial charge in [0.1, 0.15) is 10.8 Å². The number of benzene rings is 1. The first-order valence-electron chi connectivity index (χ1n) is 10.3. The Morgan fingerprint density at radius 2 is 1.71 bits per heavy atom. The molecule has 0 saturated heterocycles. The van der Waals surface area contributed by atoms with Crippen LogP contribution in [0.4, 0.5) is 5.13 Å². The summed E-state index contributed by atoms with van der Waals surface area (Å²) in [6.45, 7) is 0. The normalized spacial score (nSPS) is 30.4. The van der Waals surface area contributed by atoms with Crippen LogP contribution in [0.1, 0.15) is 49.1 Å². The smallest absolute Gasteiger partial charge is 0.232 e. The van der Waals surface area contributed by atoms with Crippen molar-refractivity contribution in [2.45, 2.75) is 50.4 Å². The maximum atomic E-state index is 12.8. The van der Waals surface area contributed by atoms with Crippen LogP contribution in [0.15, 0.2) is 24.3 Å². The summed E-state index contributed by atoms with van der Waals surface area (Å²) in [5.41, 5.74) is 1.22. The fourth-order valence-corrected chi connectivity index (χ4v) is 7.12. The molecule has 4 fully saturated rings. The summed E-state index contributed by atoms with van der Waals surface area (Å²) in [7, 11) is 3.46. The number of aromatic nitrogens is 2. The average Bonchev–Trinajstić information content (AvgIpc) is 3.18. The van der Waals surface area contributed by atoms with Gasteiger partial charge in [0.2, 0.25) is 11.0 Å². The van der Waals surface area contributed by atoms with E-state index in [2.05, 4.69) is 10.2 Å². The maximum Gasteiger partial charge on any atom is 0.232 e. The predicted molar refractivity (Wildman–Crippen MR) is 110 cm³/mol. The molecular formula is C22H27N3O2S. The average molecular weight is 398 g/mol. The highest BCUT2D eigenvalue weighted by atomic mass is 32.1. The van der Waals surface area contributed by atoms with E-state index in [1.54, 1.807) is 23.3 Å². The summed E-state index contributed by atoms with van der Waals surface area (Å²) in [6.07, 6.45) is 8.44. The van der Waals surface area contributed by atoms with Crippen LogP contribution in [0, 0.1) is 17.8 Å². The monoisotopic (exact) mass is 397 g/mol. The number of carbonyl (C=O) groups excluding carboxylic acids is 1. The van der Waals surface area contributed by atoms with Gasteiger partial charge in [-0.15, -0.1) is 10.2 Å². The van der Waals surface area contributed by atoms with Crippen LogP contribution in [-0.4, -0.2) is 30.3 Å². The number of methoxy groups -OCH3 is 1. The van der Waals surface area contributed by atoms with Crippen LogP contribution < -0.4 is 9.64 Å². The molecule has 0 unspecified atom stereocenters. The van der Waals surface area contributed by atoms with Crippen LogP contribution in [0.5, 0.6) is 5.75 Å². The Morgan fingerprint density at radius 1 is 1.11 bits per heavy atom. The van der Waals surface area contributed by atoms with Crippen LogP contribution in [0.25, 0.3) is 0 Å². The van der Waals surface area contributed by atoms with E-state index in [0.29, 0.717) is 6.42 Å². The van der Waals surface area contributed by atoms with Crippen molar-refractivity contribution in [2.75, 3.05) is 19.1 Å². The number of rotatable bonds is 5.